The number of methoxy groups -OCH3 is 1. The maximum atomic E-state index is 12.9. The molecule has 0 spiro atoms. The van der Waals surface area contributed by atoms with E-state index in [0.717, 1.165) is 11.6 Å². The van der Waals surface area contributed by atoms with Crippen LogP contribution in [0.3, 0.4) is 0 Å². The summed E-state index contributed by atoms with van der Waals surface area (Å²) in [6.07, 6.45) is -3.80. The lowest BCUT2D eigenvalue weighted by atomic mass is 9.89. The molecule has 1 aromatic heterocycles. The maximum absolute atomic E-state index is 12.9. The number of nitrogens with one attached hydrogen (secondary N) is 1. The van der Waals surface area contributed by atoms with E-state index < -0.39 is 23.2 Å². The van der Waals surface area contributed by atoms with Crippen molar-refractivity contribution in [3.8, 4) is 5.88 Å². The molecule has 1 amide bonds. The number of halogens is 3. The zero-order chi connectivity index (χ0) is 20.2. The van der Waals surface area contributed by atoms with Gasteiger partial charge in [0.05, 0.1) is 12.7 Å². The van der Waals surface area contributed by atoms with Gasteiger partial charge in [-0.15, -0.1) is 0 Å². The zero-order valence-corrected chi connectivity index (χ0v) is 15.2. The highest BCUT2D eigenvalue weighted by atomic mass is 19.4. The Morgan fingerprint density at radius 2 is 1.96 bits per heavy atom. The Kier molecular flexibility index (Phi) is 6.10. The number of pyridine rings is 1. The summed E-state index contributed by atoms with van der Waals surface area (Å²) in [7, 11) is 1.27. The van der Waals surface area contributed by atoms with Crippen LogP contribution in [0.1, 0.15) is 35.6 Å². The Morgan fingerprint density at radius 3 is 2.52 bits per heavy atom. The number of hydrogen-bond donors (Lipinski definition) is 2. The van der Waals surface area contributed by atoms with Gasteiger partial charge in [0.25, 0.3) is 5.91 Å². The largest absolute Gasteiger partial charge is 0.481 e. The molecule has 0 unspecified atom stereocenters. The van der Waals surface area contributed by atoms with Gasteiger partial charge in [-0.3, -0.25) is 4.79 Å². The number of rotatable bonds is 6. The van der Waals surface area contributed by atoms with Crippen LogP contribution in [0.5, 0.6) is 5.88 Å². The maximum Gasteiger partial charge on any atom is 0.417 e. The molecular weight excluding hydrogens is 361 g/mol. The first-order chi connectivity index (χ1) is 12.6. The van der Waals surface area contributed by atoms with Crippen molar-refractivity contribution in [3.63, 3.8) is 0 Å². The molecule has 2 aromatic rings. The Labute approximate surface area is 155 Å². The van der Waals surface area contributed by atoms with E-state index in [-0.39, 0.29) is 24.4 Å². The molecule has 146 valence electrons. The lowest BCUT2D eigenvalue weighted by molar-refractivity contribution is -0.141. The first-order valence-electron chi connectivity index (χ1n) is 8.29. The molecule has 0 radical (unpaired) electrons. The van der Waals surface area contributed by atoms with Gasteiger partial charge < -0.3 is 15.2 Å². The van der Waals surface area contributed by atoms with Gasteiger partial charge in [0.1, 0.15) is 0 Å². The number of aromatic nitrogens is 1. The van der Waals surface area contributed by atoms with Crippen molar-refractivity contribution in [1.82, 2.24) is 10.3 Å². The lowest BCUT2D eigenvalue weighted by Crippen LogP contribution is -2.43. The SMILES string of the molecule is CC[C@](O)(C(=O)NCc1cc(C(F)(F)F)cnc1OC)c1cccc(C)c1. The Balaban J connectivity index is 2.25. The minimum Gasteiger partial charge on any atom is -0.481 e. The van der Waals surface area contributed by atoms with Crippen molar-refractivity contribution >= 4 is 5.91 Å². The van der Waals surface area contributed by atoms with Crippen LogP contribution in [0.4, 0.5) is 13.2 Å². The first kappa shape index (κ1) is 20.7. The summed E-state index contributed by atoms with van der Waals surface area (Å²) >= 11 is 0. The van der Waals surface area contributed by atoms with Crippen LogP contribution >= 0.6 is 0 Å². The molecule has 0 saturated carbocycles. The van der Waals surface area contributed by atoms with E-state index in [2.05, 4.69) is 10.3 Å². The Bertz CT molecular complexity index is 824. The number of carbonyl (C=O) groups excluding carboxylic acids is 1. The molecule has 5 nitrogen and oxygen atoms in total. The number of ether oxygens (including phenoxy) is 1. The van der Waals surface area contributed by atoms with E-state index in [1.165, 1.54) is 7.11 Å². The highest BCUT2D eigenvalue weighted by Gasteiger charge is 2.36. The fourth-order valence-electron chi connectivity index (χ4n) is 2.68. The number of hydrogen-bond acceptors (Lipinski definition) is 4. The summed E-state index contributed by atoms with van der Waals surface area (Å²) in [5, 5.41) is 13.3. The summed E-state index contributed by atoms with van der Waals surface area (Å²) in [5.74, 6) is -0.742. The fourth-order valence-corrected chi connectivity index (χ4v) is 2.68. The van der Waals surface area contributed by atoms with Crippen molar-refractivity contribution in [2.24, 2.45) is 0 Å². The molecule has 0 bridgehead atoms. The number of carbonyl (C=O) groups is 1. The van der Waals surface area contributed by atoms with Gasteiger partial charge in [-0.05, 0) is 25.0 Å². The van der Waals surface area contributed by atoms with Gasteiger partial charge in [0, 0.05) is 18.3 Å². The summed E-state index contributed by atoms with van der Waals surface area (Å²) in [5.41, 5.74) is -1.40. The first-order valence-corrected chi connectivity index (χ1v) is 8.29. The molecule has 8 heteroatoms. The van der Waals surface area contributed by atoms with Gasteiger partial charge in [0.15, 0.2) is 5.60 Å². The normalized spacial score (nSPS) is 13.7. The topological polar surface area (TPSA) is 71.5 Å². The van der Waals surface area contributed by atoms with Crippen molar-refractivity contribution in [2.75, 3.05) is 7.11 Å². The molecule has 2 N–H and O–H groups in total. The van der Waals surface area contributed by atoms with Crippen LogP contribution in [0.2, 0.25) is 0 Å². The molecule has 0 aliphatic carbocycles. The van der Waals surface area contributed by atoms with Crippen LogP contribution in [-0.4, -0.2) is 23.1 Å². The summed E-state index contributed by atoms with van der Waals surface area (Å²) in [4.78, 5) is 16.3. The van der Waals surface area contributed by atoms with Crippen LogP contribution in [0.15, 0.2) is 36.5 Å². The molecule has 1 aromatic carbocycles. The smallest absolute Gasteiger partial charge is 0.417 e. The average Bonchev–Trinajstić information content (AvgIpc) is 2.64. The predicted octanol–water partition coefficient (Wildman–Crippen LogP) is 3.33. The van der Waals surface area contributed by atoms with Crippen molar-refractivity contribution < 1.29 is 27.8 Å². The average molecular weight is 382 g/mol. The van der Waals surface area contributed by atoms with Crippen LogP contribution < -0.4 is 10.1 Å². The monoisotopic (exact) mass is 382 g/mol. The van der Waals surface area contributed by atoms with Crippen LogP contribution in [-0.2, 0) is 23.1 Å². The van der Waals surface area contributed by atoms with E-state index in [1.807, 2.05) is 13.0 Å². The quantitative estimate of drug-likeness (QED) is 0.804. The summed E-state index contributed by atoms with van der Waals surface area (Å²) in [6.45, 7) is 3.21. The molecule has 1 atom stereocenters. The standard InChI is InChI=1S/C19H21F3N2O3/c1-4-18(26,14-7-5-6-12(2)8-14)17(25)24-10-13-9-15(19(20,21)22)11-23-16(13)27-3/h5-9,11,26H,4,10H2,1-3H3,(H,24,25)/t18-/m1/s1. The second-order valence-corrected chi connectivity index (χ2v) is 6.16. The van der Waals surface area contributed by atoms with Crippen LogP contribution in [0.25, 0.3) is 0 Å². The minimum atomic E-state index is -4.57. The Morgan fingerprint density at radius 1 is 1.26 bits per heavy atom. The molecule has 27 heavy (non-hydrogen) atoms. The molecule has 0 fully saturated rings. The van der Waals surface area contributed by atoms with Gasteiger partial charge >= 0.3 is 6.18 Å². The summed E-state index contributed by atoms with van der Waals surface area (Å²) < 4.78 is 43.7. The predicted molar refractivity (Wildman–Crippen MR) is 93.0 cm³/mol. The number of alkyl halides is 3. The van der Waals surface area contributed by atoms with Gasteiger partial charge in [0.2, 0.25) is 5.88 Å². The third-order valence-electron chi connectivity index (χ3n) is 4.27. The van der Waals surface area contributed by atoms with Crippen LogP contribution in [0, 0.1) is 6.92 Å². The number of nitrogens with zero attached hydrogens (tertiary/aromatic N) is 1. The number of amides is 1. The highest BCUT2D eigenvalue weighted by Crippen LogP contribution is 2.31. The van der Waals surface area contributed by atoms with Gasteiger partial charge in [-0.1, -0.05) is 36.8 Å². The van der Waals surface area contributed by atoms with Gasteiger partial charge in [-0.2, -0.15) is 13.2 Å². The van der Waals surface area contributed by atoms with E-state index in [4.69, 9.17) is 4.74 Å². The van der Waals surface area contributed by atoms with E-state index in [9.17, 15) is 23.1 Å². The van der Waals surface area contributed by atoms with Crippen molar-refractivity contribution in [3.05, 3.63) is 58.8 Å². The number of aliphatic hydroxyl groups is 1. The zero-order valence-electron chi connectivity index (χ0n) is 15.2. The lowest BCUT2D eigenvalue weighted by Gasteiger charge is -2.26. The second kappa shape index (κ2) is 7.96. The van der Waals surface area contributed by atoms with Crippen molar-refractivity contribution in [2.45, 2.75) is 38.6 Å². The van der Waals surface area contributed by atoms with Gasteiger partial charge in [-0.25, -0.2) is 4.98 Å². The van der Waals surface area contributed by atoms with E-state index >= 15 is 0 Å². The molecule has 1 heterocycles. The molecular formula is C19H21F3N2O3. The second-order valence-electron chi connectivity index (χ2n) is 6.16. The van der Waals surface area contributed by atoms with E-state index in [0.29, 0.717) is 11.8 Å². The molecule has 0 aliphatic heterocycles. The van der Waals surface area contributed by atoms with E-state index in [1.54, 1.807) is 25.1 Å². The molecule has 0 saturated heterocycles. The fraction of sp³-hybridized carbons (Fsp3) is 0.368. The summed E-state index contributed by atoms with van der Waals surface area (Å²) in [6, 6.07) is 7.73. The Hall–Kier alpha value is -2.61. The highest BCUT2D eigenvalue weighted by molar-refractivity contribution is 5.86. The molecule has 0 aliphatic rings. The number of aryl methyl sites for hydroxylation is 1. The molecule has 2 rings (SSSR count). The third-order valence-corrected chi connectivity index (χ3v) is 4.27. The van der Waals surface area contributed by atoms with Crippen molar-refractivity contribution in [1.29, 1.82) is 0 Å². The number of benzene rings is 1. The minimum absolute atomic E-state index is 0.0288. The third kappa shape index (κ3) is 4.57.